The second-order valence-electron chi connectivity index (χ2n) is 4.71. The molecular formula is C13H17Cl2IN2O. The van der Waals surface area contributed by atoms with Gasteiger partial charge in [0.05, 0.1) is 5.56 Å². The van der Waals surface area contributed by atoms with Gasteiger partial charge in [-0.25, -0.2) is 0 Å². The van der Waals surface area contributed by atoms with Gasteiger partial charge in [0.1, 0.15) is 0 Å². The Morgan fingerprint density at radius 1 is 1.32 bits per heavy atom. The van der Waals surface area contributed by atoms with Crippen molar-refractivity contribution < 1.29 is 4.79 Å². The van der Waals surface area contributed by atoms with Crippen LogP contribution >= 0.6 is 46.6 Å². The fourth-order valence-corrected chi connectivity index (χ4v) is 2.95. The summed E-state index contributed by atoms with van der Waals surface area (Å²) in [6, 6.07) is 5.90. The van der Waals surface area contributed by atoms with Crippen molar-refractivity contribution in [2.24, 2.45) is 5.73 Å². The maximum Gasteiger partial charge on any atom is 0.252 e. The van der Waals surface area contributed by atoms with Gasteiger partial charge in [0.15, 0.2) is 0 Å². The Morgan fingerprint density at radius 3 is 2.58 bits per heavy atom. The Hall–Kier alpha value is -0.0400. The summed E-state index contributed by atoms with van der Waals surface area (Å²) in [5, 5.41) is 3.65. The van der Waals surface area contributed by atoms with Crippen molar-refractivity contribution >= 4 is 52.5 Å². The number of hydrogen-bond acceptors (Lipinski definition) is 2. The summed E-state index contributed by atoms with van der Waals surface area (Å²) in [4.78, 5) is 12.2. The maximum absolute atomic E-state index is 12.2. The van der Waals surface area contributed by atoms with Crippen LogP contribution in [-0.4, -0.2) is 18.0 Å². The molecule has 6 heteroatoms. The van der Waals surface area contributed by atoms with E-state index in [4.69, 9.17) is 17.3 Å². The van der Waals surface area contributed by atoms with E-state index in [0.717, 1.165) is 29.3 Å². The molecule has 0 unspecified atom stereocenters. The molecule has 106 valence electrons. The molecule has 19 heavy (non-hydrogen) atoms. The fraction of sp³-hybridized carbons (Fsp3) is 0.462. The summed E-state index contributed by atoms with van der Waals surface area (Å²) >= 11 is 8.07. The van der Waals surface area contributed by atoms with Crippen molar-refractivity contribution in [3.05, 3.63) is 32.4 Å². The number of hydrogen-bond donors (Lipinski definition) is 2. The third-order valence-electron chi connectivity index (χ3n) is 3.28. The van der Waals surface area contributed by atoms with Gasteiger partial charge in [-0.1, -0.05) is 11.6 Å². The highest BCUT2D eigenvalue weighted by molar-refractivity contribution is 14.1. The Kier molecular flexibility index (Phi) is 6.86. The van der Waals surface area contributed by atoms with Crippen LogP contribution in [0.15, 0.2) is 18.2 Å². The van der Waals surface area contributed by atoms with Crippen molar-refractivity contribution in [3.63, 3.8) is 0 Å². The zero-order valence-electron chi connectivity index (χ0n) is 10.4. The number of nitrogens with one attached hydrogen (secondary N) is 1. The van der Waals surface area contributed by atoms with Crippen LogP contribution in [0.1, 0.15) is 36.0 Å². The number of amides is 1. The molecule has 0 heterocycles. The fourth-order valence-electron chi connectivity index (χ4n) is 2.20. The minimum atomic E-state index is -0.0395. The molecule has 0 saturated heterocycles. The molecule has 1 aromatic carbocycles. The van der Waals surface area contributed by atoms with Crippen molar-refractivity contribution in [1.82, 2.24) is 5.32 Å². The monoisotopic (exact) mass is 414 g/mol. The summed E-state index contributed by atoms with van der Waals surface area (Å²) in [5.41, 5.74) is 6.50. The van der Waals surface area contributed by atoms with Gasteiger partial charge in [-0.15, -0.1) is 12.4 Å². The van der Waals surface area contributed by atoms with Crippen LogP contribution in [-0.2, 0) is 0 Å². The molecule has 1 amide bonds. The molecular weight excluding hydrogens is 398 g/mol. The molecule has 3 N–H and O–H groups in total. The van der Waals surface area contributed by atoms with E-state index < -0.39 is 0 Å². The second-order valence-corrected chi connectivity index (χ2v) is 6.31. The number of carbonyl (C=O) groups excluding carboxylic acids is 1. The van der Waals surface area contributed by atoms with Crippen LogP contribution in [0.4, 0.5) is 0 Å². The lowest BCUT2D eigenvalue weighted by Crippen LogP contribution is -2.40. The Bertz CT molecular complexity index is 448. The molecule has 0 radical (unpaired) electrons. The zero-order valence-corrected chi connectivity index (χ0v) is 14.1. The van der Waals surface area contributed by atoms with Crippen LogP contribution in [0.25, 0.3) is 0 Å². The van der Waals surface area contributed by atoms with Crippen molar-refractivity contribution in [2.45, 2.75) is 37.8 Å². The zero-order chi connectivity index (χ0) is 13.1. The van der Waals surface area contributed by atoms with Crippen LogP contribution < -0.4 is 11.1 Å². The van der Waals surface area contributed by atoms with E-state index in [9.17, 15) is 4.79 Å². The molecule has 1 fully saturated rings. The molecule has 0 aromatic heterocycles. The number of benzene rings is 1. The topological polar surface area (TPSA) is 55.1 Å². The van der Waals surface area contributed by atoms with E-state index in [-0.39, 0.29) is 24.4 Å². The van der Waals surface area contributed by atoms with Crippen molar-refractivity contribution in [2.75, 3.05) is 0 Å². The average Bonchev–Trinajstić information content (AvgIpc) is 2.35. The SMILES string of the molecule is Cl.NC1CCC(NC(=O)c2cc(Cl)ccc2I)CC1. The second kappa shape index (κ2) is 7.67. The quantitative estimate of drug-likeness (QED) is 0.729. The first-order chi connectivity index (χ1) is 8.56. The van der Waals surface area contributed by atoms with Gasteiger partial charge in [0.2, 0.25) is 0 Å². The minimum Gasteiger partial charge on any atom is -0.349 e. The Morgan fingerprint density at radius 2 is 1.95 bits per heavy atom. The van der Waals surface area contributed by atoms with E-state index in [1.54, 1.807) is 12.1 Å². The lowest BCUT2D eigenvalue weighted by Gasteiger charge is -2.27. The van der Waals surface area contributed by atoms with Gasteiger partial charge < -0.3 is 11.1 Å². The molecule has 1 aliphatic carbocycles. The van der Waals surface area contributed by atoms with Crippen LogP contribution in [0.5, 0.6) is 0 Å². The Labute approximate surface area is 138 Å². The predicted molar refractivity (Wildman–Crippen MR) is 89.1 cm³/mol. The molecule has 3 nitrogen and oxygen atoms in total. The summed E-state index contributed by atoms with van der Waals surface area (Å²) in [6.07, 6.45) is 3.89. The van der Waals surface area contributed by atoms with Gasteiger partial charge in [0.25, 0.3) is 5.91 Å². The third kappa shape index (κ3) is 4.77. The molecule has 1 aliphatic rings. The van der Waals surface area contributed by atoms with Crippen molar-refractivity contribution in [1.29, 1.82) is 0 Å². The van der Waals surface area contributed by atoms with Gasteiger partial charge in [0, 0.05) is 20.7 Å². The highest BCUT2D eigenvalue weighted by Gasteiger charge is 2.21. The summed E-state index contributed by atoms with van der Waals surface area (Å²) < 4.78 is 0.919. The normalized spacial score (nSPS) is 22.5. The van der Waals surface area contributed by atoms with Crippen molar-refractivity contribution in [3.8, 4) is 0 Å². The largest absolute Gasteiger partial charge is 0.349 e. The molecule has 1 aromatic rings. The number of carbonyl (C=O) groups is 1. The molecule has 0 spiro atoms. The minimum absolute atomic E-state index is 0. The maximum atomic E-state index is 12.2. The highest BCUT2D eigenvalue weighted by atomic mass is 127. The lowest BCUT2D eigenvalue weighted by molar-refractivity contribution is 0.0925. The molecule has 0 atom stereocenters. The average molecular weight is 415 g/mol. The third-order valence-corrected chi connectivity index (χ3v) is 4.46. The van der Waals surface area contributed by atoms with E-state index >= 15 is 0 Å². The first-order valence-electron chi connectivity index (χ1n) is 6.08. The molecule has 1 saturated carbocycles. The first kappa shape index (κ1) is 17.0. The van der Waals surface area contributed by atoms with E-state index in [0.29, 0.717) is 16.6 Å². The standard InChI is InChI=1S/C13H16ClIN2O.ClH/c14-8-1-6-12(15)11(7-8)13(18)17-10-4-2-9(16)3-5-10;/h1,6-7,9-10H,2-5,16H2,(H,17,18);1H. The molecule has 0 aliphatic heterocycles. The van der Waals surface area contributed by atoms with Gasteiger partial charge in [-0.3, -0.25) is 4.79 Å². The Balaban J connectivity index is 0.00000180. The van der Waals surface area contributed by atoms with Gasteiger partial charge in [-0.2, -0.15) is 0 Å². The molecule has 2 rings (SSSR count). The number of halogens is 3. The van der Waals surface area contributed by atoms with E-state index in [1.807, 2.05) is 6.07 Å². The molecule has 0 bridgehead atoms. The number of nitrogens with two attached hydrogens (primary N) is 1. The lowest BCUT2D eigenvalue weighted by atomic mass is 9.91. The number of rotatable bonds is 2. The summed E-state index contributed by atoms with van der Waals surface area (Å²) in [5.74, 6) is -0.0395. The van der Waals surface area contributed by atoms with E-state index in [1.165, 1.54) is 0 Å². The van der Waals surface area contributed by atoms with Crippen LogP contribution in [0.2, 0.25) is 5.02 Å². The van der Waals surface area contributed by atoms with Gasteiger partial charge >= 0.3 is 0 Å². The first-order valence-corrected chi connectivity index (χ1v) is 7.53. The smallest absolute Gasteiger partial charge is 0.252 e. The predicted octanol–water partition coefficient (Wildman–Crippen LogP) is 3.37. The van der Waals surface area contributed by atoms with Crippen LogP contribution in [0, 0.1) is 3.57 Å². The summed E-state index contributed by atoms with van der Waals surface area (Å²) in [7, 11) is 0. The van der Waals surface area contributed by atoms with Gasteiger partial charge in [-0.05, 0) is 66.5 Å². The van der Waals surface area contributed by atoms with E-state index in [2.05, 4.69) is 27.9 Å². The van der Waals surface area contributed by atoms with Crippen LogP contribution in [0.3, 0.4) is 0 Å². The highest BCUT2D eigenvalue weighted by Crippen LogP contribution is 2.20. The summed E-state index contributed by atoms with van der Waals surface area (Å²) in [6.45, 7) is 0.